The van der Waals surface area contributed by atoms with Crippen molar-refractivity contribution in [1.82, 2.24) is 0 Å². The molecule has 5 heteroatoms. The van der Waals surface area contributed by atoms with Crippen LogP contribution in [0.15, 0.2) is 66.7 Å². The summed E-state index contributed by atoms with van der Waals surface area (Å²) in [5, 5.41) is 10.4. The molecule has 5 nitrogen and oxygen atoms in total. The summed E-state index contributed by atoms with van der Waals surface area (Å²) in [5.41, 5.74) is 3.12. The lowest BCUT2D eigenvalue weighted by Gasteiger charge is -2.28. The van der Waals surface area contributed by atoms with E-state index in [2.05, 4.69) is 0 Å². The molecule has 0 aromatic heterocycles. The molecule has 0 bridgehead atoms. The molecule has 0 amide bonds. The smallest absolute Gasteiger partial charge is 0.160 e. The second-order valence-corrected chi connectivity index (χ2v) is 6.93. The van der Waals surface area contributed by atoms with Gasteiger partial charge in [-0.3, -0.25) is 0 Å². The van der Waals surface area contributed by atoms with Crippen molar-refractivity contribution in [3.63, 3.8) is 0 Å². The highest BCUT2D eigenvalue weighted by molar-refractivity contribution is 5.47. The SMILES string of the molecule is COc1ccc(C(c2ccc(OC)cc2)C(CO)c2ccc(OC)c(OC)c2)cc1. The summed E-state index contributed by atoms with van der Waals surface area (Å²) in [4.78, 5) is 0. The zero-order valence-electron chi connectivity index (χ0n) is 17.8. The predicted molar refractivity (Wildman–Crippen MR) is 117 cm³/mol. The summed E-state index contributed by atoms with van der Waals surface area (Å²) >= 11 is 0. The van der Waals surface area contributed by atoms with E-state index in [9.17, 15) is 5.11 Å². The molecule has 0 aliphatic rings. The molecule has 0 aliphatic heterocycles. The Morgan fingerprint density at radius 3 is 1.47 bits per heavy atom. The molecule has 0 aliphatic carbocycles. The van der Waals surface area contributed by atoms with Crippen LogP contribution in [0.3, 0.4) is 0 Å². The normalized spacial score (nSPS) is 11.8. The van der Waals surface area contributed by atoms with Gasteiger partial charge < -0.3 is 24.1 Å². The van der Waals surface area contributed by atoms with Crippen molar-refractivity contribution < 1.29 is 24.1 Å². The molecule has 3 rings (SSSR count). The molecule has 3 aromatic rings. The summed E-state index contributed by atoms with van der Waals surface area (Å²) < 4.78 is 21.5. The summed E-state index contributed by atoms with van der Waals surface area (Å²) in [6, 6.07) is 21.7. The third kappa shape index (κ3) is 4.52. The van der Waals surface area contributed by atoms with Crippen LogP contribution in [-0.4, -0.2) is 40.2 Å². The fourth-order valence-corrected chi connectivity index (χ4v) is 3.77. The maximum Gasteiger partial charge on any atom is 0.160 e. The number of ether oxygens (including phenoxy) is 4. The summed E-state index contributed by atoms with van der Waals surface area (Å²) in [7, 11) is 6.52. The monoisotopic (exact) mass is 408 g/mol. The number of hydrogen-bond donors (Lipinski definition) is 1. The molecule has 0 fully saturated rings. The van der Waals surface area contributed by atoms with Crippen LogP contribution in [0.25, 0.3) is 0 Å². The number of rotatable bonds is 9. The van der Waals surface area contributed by atoms with Crippen LogP contribution in [0, 0.1) is 0 Å². The lowest BCUT2D eigenvalue weighted by atomic mass is 9.77. The largest absolute Gasteiger partial charge is 0.497 e. The van der Waals surface area contributed by atoms with Crippen molar-refractivity contribution in [3.8, 4) is 23.0 Å². The highest BCUT2D eigenvalue weighted by Gasteiger charge is 2.27. The molecule has 0 saturated heterocycles. The van der Waals surface area contributed by atoms with Gasteiger partial charge in [0.05, 0.1) is 35.0 Å². The van der Waals surface area contributed by atoms with Crippen LogP contribution in [0.5, 0.6) is 23.0 Å². The van der Waals surface area contributed by atoms with Gasteiger partial charge in [-0.25, -0.2) is 0 Å². The zero-order valence-corrected chi connectivity index (χ0v) is 17.8. The van der Waals surface area contributed by atoms with E-state index in [1.807, 2.05) is 66.7 Å². The van der Waals surface area contributed by atoms with Crippen LogP contribution in [0.2, 0.25) is 0 Å². The first-order valence-corrected chi connectivity index (χ1v) is 9.75. The van der Waals surface area contributed by atoms with E-state index in [1.54, 1.807) is 28.4 Å². The van der Waals surface area contributed by atoms with E-state index in [1.165, 1.54) is 0 Å². The van der Waals surface area contributed by atoms with Crippen LogP contribution >= 0.6 is 0 Å². The minimum Gasteiger partial charge on any atom is -0.497 e. The van der Waals surface area contributed by atoms with Gasteiger partial charge in [0.25, 0.3) is 0 Å². The van der Waals surface area contributed by atoms with Crippen molar-refractivity contribution in [2.45, 2.75) is 11.8 Å². The van der Waals surface area contributed by atoms with Crippen molar-refractivity contribution in [1.29, 1.82) is 0 Å². The molecular weight excluding hydrogens is 380 g/mol. The lowest BCUT2D eigenvalue weighted by Crippen LogP contribution is -2.17. The quantitative estimate of drug-likeness (QED) is 0.559. The van der Waals surface area contributed by atoms with Crippen molar-refractivity contribution in [3.05, 3.63) is 83.4 Å². The number of aliphatic hydroxyl groups is 1. The summed E-state index contributed by atoms with van der Waals surface area (Å²) in [5.74, 6) is 2.61. The van der Waals surface area contributed by atoms with Crippen molar-refractivity contribution in [2.24, 2.45) is 0 Å². The number of benzene rings is 3. The Labute approximate surface area is 177 Å². The zero-order chi connectivity index (χ0) is 21.5. The van der Waals surface area contributed by atoms with E-state index in [0.29, 0.717) is 11.5 Å². The molecular formula is C25H28O5. The molecule has 1 N–H and O–H groups in total. The fourth-order valence-electron chi connectivity index (χ4n) is 3.77. The van der Waals surface area contributed by atoms with Gasteiger partial charge in [-0.15, -0.1) is 0 Å². The third-order valence-electron chi connectivity index (χ3n) is 5.38. The molecule has 0 heterocycles. The second-order valence-electron chi connectivity index (χ2n) is 6.93. The Balaban J connectivity index is 2.10. The number of hydrogen-bond acceptors (Lipinski definition) is 5. The average Bonchev–Trinajstić information content (AvgIpc) is 2.82. The first-order chi connectivity index (χ1) is 14.6. The second kappa shape index (κ2) is 10.0. The first-order valence-electron chi connectivity index (χ1n) is 9.75. The molecule has 0 radical (unpaired) electrons. The fraction of sp³-hybridized carbons (Fsp3) is 0.280. The van der Waals surface area contributed by atoms with Crippen LogP contribution in [0.4, 0.5) is 0 Å². The Hall–Kier alpha value is -3.18. The summed E-state index contributed by atoms with van der Waals surface area (Å²) in [6.07, 6.45) is 0. The van der Waals surface area contributed by atoms with Gasteiger partial charge in [-0.1, -0.05) is 30.3 Å². The maximum atomic E-state index is 10.4. The van der Waals surface area contributed by atoms with E-state index < -0.39 is 0 Å². The van der Waals surface area contributed by atoms with Gasteiger partial charge in [0.1, 0.15) is 11.5 Å². The van der Waals surface area contributed by atoms with Gasteiger partial charge >= 0.3 is 0 Å². The van der Waals surface area contributed by atoms with E-state index in [0.717, 1.165) is 28.2 Å². The molecule has 158 valence electrons. The van der Waals surface area contributed by atoms with Crippen molar-refractivity contribution in [2.75, 3.05) is 35.0 Å². The Kier molecular flexibility index (Phi) is 7.20. The molecule has 1 atom stereocenters. The predicted octanol–water partition coefficient (Wildman–Crippen LogP) is 4.63. The van der Waals surface area contributed by atoms with E-state index in [4.69, 9.17) is 18.9 Å². The van der Waals surface area contributed by atoms with Crippen LogP contribution in [-0.2, 0) is 0 Å². The van der Waals surface area contributed by atoms with Crippen molar-refractivity contribution >= 4 is 0 Å². The van der Waals surface area contributed by atoms with Crippen LogP contribution < -0.4 is 18.9 Å². The third-order valence-corrected chi connectivity index (χ3v) is 5.38. The number of aliphatic hydroxyl groups excluding tert-OH is 1. The molecule has 0 spiro atoms. The van der Waals surface area contributed by atoms with Crippen LogP contribution in [0.1, 0.15) is 28.5 Å². The Morgan fingerprint density at radius 2 is 1.07 bits per heavy atom. The Bertz CT molecular complexity index is 887. The molecule has 1 unspecified atom stereocenters. The highest BCUT2D eigenvalue weighted by Crippen LogP contribution is 2.41. The first kappa shape index (κ1) is 21.5. The molecule has 3 aromatic carbocycles. The standard InChI is InChI=1S/C25H28O5/c1-27-20-10-5-17(6-11-20)25(18-7-12-21(28-2)13-8-18)22(16-26)19-9-14-23(29-3)24(15-19)30-4/h5-15,22,25-26H,16H2,1-4H3. The van der Waals surface area contributed by atoms with Gasteiger partial charge in [0.2, 0.25) is 0 Å². The van der Waals surface area contributed by atoms with Gasteiger partial charge in [0.15, 0.2) is 11.5 Å². The minimum atomic E-state index is -0.188. The summed E-state index contributed by atoms with van der Waals surface area (Å²) in [6.45, 7) is -0.0296. The topological polar surface area (TPSA) is 57.2 Å². The Morgan fingerprint density at radius 1 is 0.600 bits per heavy atom. The minimum absolute atomic E-state index is 0.0296. The lowest BCUT2D eigenvalue weighted by molar-refractivity contribution is 0.254. The number of methoxy groups -OCH3 is 4. The highest BCUT2D eigenvalue weighted by atomic mass is 16.5. The molecule has 30 heavy (non-hydrogen) atoms. The van der Waals surface area contributed by atoms with E-state index >= 15 is 0 Å². The van der Waals surface area contributed by atoms with Gasteiger partial charge in [-0.2, -0.15) is 0 Å². The van der Waals surface area contributed by atoms with Gasteiger partial charge in [0, 0.05) is 11.8 Å². The molecule has 0 saturated carbocycles. The average molecular weight is 408 g/mol. The maximum absolute atomic E-state index is 10.4. The van der Waals surface area contributed by atoms with E-state index in [-0.39, 0.29) is 18.4 Å². The van der Waals surface area contributed by atoms with Gasteiger partial charge in [-0.05, 0) is 53.1 Å².